The summed E-state index contributed by atoms with van der Waals surface area (Å²) in [5.41, 5.74) is 5.90. The molecule has 23 heteroatoms. The van der Waals surface area contributed by atoms with Gasteiger partial charge in [0, 0.05) is 55.5 Å². The molecule has 7 amide bonds. The van der Waals surface area contributed by atoms with Crippen molar-refractivity contribution in [1.29, 1.82) is 0 Å². The third kappa shape index (κ3) is 11.7. The van der Waals surface area contributed by atoms with Gasteiger partial charge >= 0.3 is 0 Å². The second-order valence-corrected chi connectivity index (χ2v) is 18.2. The molecule has 1 aromatic carbocycles. The Labute approximate surface area is 369 Å². The topological polar surface area (TPSA) is 357 Å². The number of nitrogens with zero attached hydrogens (tertiary/aromatic N) is 1. The number of phenols is 1. The third-order valence-electron chi connectivity index (χ3n) is 12.1. The predicted octanol–water partition coefficient (Wildman–Crippen LogP) is -3.74. The summed E-state index contributed by atoms with van der Waals surface area (Å²) in [6.45, 7) is 2.01. The molecule has 3 aliphatic rings. The minimum absolute atomic E-state index is 0.102. The molecule has 64 heavy (non-hydrogen) atoms. The van der Waals surface area contributed by atoms with Gasteiger partial charge in [0.2, 0.25) is 41.4 Å². The van der Waals surface area contributed by atoms with E-state index in [9.17, 15) is 67.8 Å². The van der Waals surface area contributed by atoms with Crippen molar-refractivity contribution in [1.82, 2.24) is 36.5 Å². The molecule has 1 fully saturated rings. The van der Waals surface area contributed by atoms with Crippen molar-refractivity contribution in [3.05, 3.63) is 23.8 Å². The number of Topliss-reactive ketones (excluding diaryl/α,β-unsaturated/α-hetero) is 2. The molecular weight excluding hydrogens is 861 g/mol. The second-order valence-electron chi connectivity index (χ2n) is 16.8. The Balaban J connectivity index is 1.73. The first-order valence-electron chi connectivity index (χ1n) is 21.0. The fraction of sp³-hybridized carbons (Fsp3) is 0.585. The lowest BCUT2D eigenvalue weighted by Crippen LogP contribution is -2.56. The first kappa shape index (κ1) is 49.2. The van der Waals surface area contributed by atoms with Crippen LogP contribution in [0.15, 0.2) is 23.2 Å². The van der Waals surface area contributed by atoms with Gasteiger partial charge in [0.05, 0.1) is 72.0 Å². The molecule has 2 unspecified atom stereocenters. The number of carbonyl (C=O) groups is 9. The van der Waals surface area contributed by atoms with Crippen LogP contribution in [0, 0.1) is 23.7 Å². The zero-order chi connectivity index (χ0) is 47.2. The molecule has 1 saturated heterocycles. The number of carbonyl (C=O) groups excluding carboxylic acids is 9. The number of rotatable bonds is 7. The fourth-order valence-electron chi connectivity index (χ4n) is 8.26. The van der Waals surface area contributed by atoms with Gasteiger partial charge in [-0.3, -0.25) is 47.4 Å². The number of aromatic hydroxyl groups is 1. The number of aromatic nitrogens is 1. The van der Waals surface area contributed by atoms with E-state index >= 15 is 0 Å². The maximum Gasteiger partial charge on any atom is 0.243 e. The van der Waals surface area contributed by atoms with Crippen molar-refractivity contribution in [3.8, 4) is 5.75 Å². The molecule has 1 aromatic heterocycles. The highest BCUT2D eigenvalue weighted by atomic mass is 32.2. The van der Waals surface area contributed by atoms with Gasteiger partial charge in [-0.2, -0.15) is 0 Å². The number of benzene rings is 1. The van der Waals surface area contributed by atoms with E-state index < -0.39 is 181 Å². The van der Waals surface area contributed by atoms with E-state index in [1.54, 1.807) is 13.8 Å². The van der Waals surface area contributed by atoms with Crippen LogP contribution in [0.5, 0.6) is 5.75 Å². The quantitative estimate of drug-likeness (QED) is 0.127. The maximum atomic E-state index is 14.6. The number of fused-ring (bicyclic) bond motifs is 5. The Morgan fingerprint density at radius 2 is 1.58 bits per heavy atom. The van der Waals surface area contributed by atoms with Crippen molar-refractivity contribution in [2.24, 2.45) is 29.4 Å². The Morgan fingerprint density at radius 1 is 0.906 bits per heavy atom. The molecule has 12 N–H and O–H groups in total. The van der Waals surface area contributed by atoms with Crippen molar-refractivity contribution in [3.63, 3.8) is 0 Å². The van der Waals surface area contributed by atoms with Crippen molar-refractivity contribution in [2.75, 3.05) is 32.0 Å². The van der Waals surface area contributed by atoms with Crippen molar-refractivity contribution >= 4 is 74.6 Å². The Hall–Kier alpha value is -5.78. The van der Waals surface area contributed by atoms with Gasteiger partial charge in [-0.15, -0.1) is 0 Å². The average molecular weight is 917 g/mol. The molecule has 350 valence electrons. The molecule has 0 aliphatic carbocycles. The lowest BCUT2D eigenvalue weighted by Gasteiger charge is -2.32. The second kappa shape index (κ2) is 21.3. The number of H-pyrrole nitrogens is 1. The molecule has 0 saturated carbocycles. The zero-order valence-corrected chi connectivity index (χ0v) is 36.4. The molecule has 3 aliphatic heterocycles. The van der Waals surface area contributed by atoms with Gasteiger partial charge in [-0.05, 0) is 30.0 Å². The van der Waals surface area contributed by atoms with Gasteiger partial charge in [0.1, 0.15) is 22.9 Å². The summed E-state index contributed by atoms with van der Waals surface area (Å²) >= 11 is 0. The van der Waals surface area contributed by atoms with E-state index in [0.29, 0.717) is 11.8 Å². The molecular formula is C41H56N8O14S. The monoisotopic (exact) mass is 916 g/mol. The summed E-state index contributed by atoms with van der Waals surface area (Å²) in [6, 6.07) is -1.99. The number of amides is 7. The number of primary amides is 1. The first-order chi connectivity index (χ1) is 30.2. The number of ketones is 2. The summed E-state index contributed by atoms with van der Waals surface area (Å²) in [4.78, 5) is 128. The molecule has 0 radical (unpaired) electrons. The number of nitrogens with one attached hydrogen (secondary N) is 6. The fourth-order valence-corrected chi connectivity index (χ4v) is 9.69. The standard InChI is InChI=1S/C41H56N8O14S/c1-4-18(2)35-39(61)44-13-33(57)45-27-17-64(63)40-25(24-6-5-22(51)11-26(24)46-40)7-20(37(59)43-14-34(58)47-35)8-30(54)36(19(3)31(55)16-50)48-38(60)28-12-23(52)15-49(28)41(62)21(9-29(27)53)10-32(42)56/h5-6,11,18-21,23,27-28,31,35-36,46,50-52,55H,4,7-10,12-17H2,1-3H3,(H2,42,56)(H,43,59)(H,44,61)(H,45,57)(H,47,58)(H,48,60)/t18-,19-,20-,21-,23?,27?,28-,31-,35-,36-,64+/m0/s1. The Kier molecular flexibility index (Phi) is 16.4. The molecule has 2 bridgehead atoms. The van der Waals surface area contributed by atoms with Gasteiger partial charge in [-0.1, -0.05) is 27.2 Å². The lowest BCUT2D eigenvalue weighted by molar-refractivity contribution is -0.145. The van der Waals surface area contributed by atoms with Crippen LogP contribution in [0.3, 0.4) is 0 Å². The minimum atomic E-state index is -2.31. The summed E-state index contributed by atoms with van der Waals surface area (Å²) < 4.78 is 14.6. The largest absolute Gasteiger partial charge is 0.508 e. The van der Waals surface area contributed by atoms with Crippen LogP contribution in [0.1, 0.15) is 58.4 Å². The number of aliphatic hydroxyl groups excluding tert-OH is 3. The van der Waals surface area contributed by atoms with E-state index in [0.717, 1.165) is 4.90 Å². The molecule has 22 nitrogen and oxygen atoms in total. The molecule has 4 heterocycles. The van der Waals surface area contributed by atoms with Gasteiger partial charge in [-0.25, -0.2) is 0 Å². The van der Waals surface area contributed by atoms with Gasteiger partial charge in [0.25, 0.3) is 0 Å². The Bertz CT molecular complexity index is 2200. The average Bonchev–Trinajstić information content (AvgIpc) is 3.82. The molecule has 5 rings (SSSR count). The minimum Gasteiger partial charge on any atom is -0.508 e. The molecule has 2 aromatic rings. The summed E-state index contributed by atoms with van der Waals surface area (Å²) in [7, 11) is -2.31. The van der Waals surface area contributed by atoms with E-state index in [2.05, 4.69) is 31.6 Å². The Morgan fingerprint density at radius 3 is 2.23 bits per heavy atom. The lowest BCUT2D eigenvalue weighted by atomic mass is 9.85. The SMILES string of the molecule is CC[C@H](C)[C@@H]1NC(=O)CNC(=O)[C@@H]2CC(=O)[C@H]([C@@H](C)[C@@H](O)CO)NC(=O)[C@@H]3CC(O)CN3C(=O)[C@H](CC(N)=O)CC(=O)C(C[S@@](=O)c3[nH]c4cc(O)ccc4c3C2)NC(=O)CNC1=O. The van der Waals surface area contributed by atoms with Gasteiger partial charge in [0.15, 0.2) is 11.6 Å². The highest BCUT2D eigenvalue weighted by Gasteiger charge is 2.45. The van der Waals surface area contributed by atoms with Crippen LogP contribution < -0.4 is 32.3 Å². The van der Waals surface area contributed by atoms with Crippen LogP contribution in [-0.2, 0) is 60.4 Å². The van der Waals surface area contributed by atoms with Crippen molar-refractivity contribution in [2.45, 2.75) is 101 Å². The predicted molar refractivity (Wildman–Crippen MR) is 225 cm³/mol. The van der Waals surface area contributed by atoms with E-state index in [1.165, 1.54) is 25.1 Å². The van der Waals surface area contributed by atoms with E-state index in [-0.39, 0.29) is 28.3 Å². The van der Waals surface area contributed by atoms with Crippen LogP contribution in [-0.4, -0.2) is 156 Å². The summed E-state index contributed by atoms with van der Waals surface area (Å²) in [6.07, 6.45) is -5.54. The first-order valence-corrected chi connectivity index (χ1v) is 22.3. The third-order valence-corrected chi connectivity index (χ3v) is 13.6. The zero-order valence-electron chi connectivity index (χ0n) is 35.6. The molecule has 11 atom stereocenters. The highest BCUT2D eigenvalue weighted by molar-refractivity contribution is 7.85. The van der Waals surface area contributed by atoms with Crippen LogP contribution in [0.2, 0.25) is 0 Å². The number of hydrogen-bond acceptors (Lipinski definition) is 14. The number of aromatic amines is 1. The number of aliphatic hydroxyl groups is 3. The number of phenolic OH excluding ortho intramolecular Hbond substituents is 1. The smallest absolute Gasteiger partial charge is 0.243 e. The summed E-state index contributed by atoms with van der Waals surface area (Å²) in [5.74, 6) is -13.8. The highest BCUT2D eigenvalue weighted by Crippen LogP contribution is 2.32. The van der Waals surface area contributed by atoms with Crippen LogP contribution in [0.25, 0.3) is 10.9 Å². The number of nitrogens with two attached hydrogens (primary N) is 1. The normalized spacial score (nSPS) is 28.8. The van der Waals surface area contributed by atoms with Crippen molar-refractivity contribution < 1.29 is 67.8 Å². The van der Waals surface area contributed by atoms with Gasteiger partial charge < -0.3 is 62.6 Å². The number of hydrogen-bond donors (Lipinski definition) is 11. The van der Waals surface area contributed by atoms with Crippen LogP contribution in [0.4, 0.5) is 0 Å². The molecule has 0 spiro atoms. The summed E-state index contributed by atoms with van der Waals surface area (Å²) in [5, 5.41) is 54.4. The van der Waals surface area contributed by atoms with Crippen LogP contribution >= 0.6 is 0 Å². The van der Waals surface area contributed by atoms with E-state index in [4.69, 9.17) is 5.73 Å². The van der Waals surface area contributed by atoms with E-state index in [1.807, 2.05) is 0 Å². The maximum absolute atomic E-state index is 14.6.